The van der Waals surface area contributed by atoms with Crippen molar-refractivity contribution in [1.29, 1.82) is 0 Å². The zero-order valence-electron chi connectivity index (χ0n) is 34.0. The minimum Gasteiger partial charge on any atom is -0.481 e. The number of aliphatic hydroxyl groups is 11. The molecule has 4 saturated heterocycles. The first-order valence-corrected chi connectivity index (χ1v) is 20.8. The largest absolute Gasteiger partial charge is 0.481 e. The van der Waals surface area contributed by atoms with Crippen LogP contribution in [0.4, 0.5) is 0 Å². The van der Waals surface area contributed by atoms with Crippen LogP contribution in [0.5, 0.6) is 0 Å². The van der Waals surface area contributed by atoms with Gasteiger partial charge in [-0.1, -0.05) is 45.4 Å². The molecule has 0 aromatic heterocycles. The fraction of sp³-hybridized carbons (Fsp3) is 0.974. The van der Waals surface area contributed by atoms with Gasteiger partial charge in [0.05, 0.1) is 43.5 Å². The molecule has 0 bridgehead atoms. The molecule has 0 radical (unpaired) electrons. The lowest BCUT2D eigenvalue weighted by molar-refractivity contribution is -0.377. The van der Waals surface area contributed by atoms with E-state index in [-0.39, 0.29) is 6.42 Å². The van der Waals surface area contributed by atoms with Crippen molar-refractivity contribution in [3.63, 3.8) is 0 Å². The van der Waals surface area contributed by atoms with E-state index in [9.17, 15) is 61.0 Å². The van der Waals surface area contributed by atoms with Gasteiger partial charge < -0.3 is 99.2 Å². The second kappa shape index (κ2) is 23.4. The molecule has 4 aliphatic heterocycles. The molecule has 0 spiro atoms. The molecule has 21 nitrogen and oxygen atoms in total. The lowest BCUT2D eigenvalue weighted by atomic mass is 9.97. The van der Waals surface area contributed by atoms with E-state index >= 15 is 0 Å². The number of hydrogen-bond acceptors (Lipinski definition) is 20. The highest BCUT2D eigenvalue weighted by Crippen LogP contribution is 2.34. The Hall–Kier alpha value is -1.29. The Balaban J connectivity index is 1.40. The summed E-state index contributed by atoms with van der Waals surface area (Å²) in [6, 6.07) is 0. The molecule has 346 valence electrons. The molecule has 59 heavy (non-hydrogen) atoms. The zero-order chi connectivity index (χ0) is 43.7. The third kappa shape index (κ3) is 13.4. The van der Waals surface area contributed by atoms with Crippen LogP contribution >= 0.6 is 0 Å². The Kier molecular flexibility index (Phi) is 20.0. The first kappa shape index (κ1) is 50.4. The molecule has 12 N–H and O–H groups in total. The number of carboxylic acids is 1. The van der Waals surface area contributed by atoms with E-state index in [1.54, 1.807) is 0 Å². The average molecular weight is 861 g/mol. The molecule has 21 heteroatoms. The Bertz CT molecular complexity index is 1240. The van der Waals surface area contributed by atoms with Crippen LogP contribution in [0.25, 0.3) is 0 Å². The number of carboxylic acid groups (broad SMARTS) is 1. The first-order valence-electron chi connectivity index (χ1n) is 20.8. The summed E-state index contributed by atoms with van der Waals surface area (Å²) in [7, 11) is 0. The molecular formula is C38H68O21. The van der Waals surface area contributed by atoms with Gasteiger partial charge in [-0.2, -0.15) is 0 Å². The summed E-state index contributed by atoms with van der Waals surface area (Å²) in [5.74, 6) is -1.05. The summed E-state index contributed by atoms with van der Waals surface area (Å²) in [5.41, 5.74) is 0. The van der Waals surface area contributed by atoms with Crippen molar-refractivity contribution < 1.29 is 104 Å². The fourth-order valence-electron chi connectivity index (χ4n) is 7.76. The molecule has 4 rings (SSSR count). The van der Waals surface area contributed by atoms with Crippen LogP contribution in [0.3, 0.4) is 0 Å². The van der Waals surface area contributed by atoms with Gasteiger partial charge >= 0.3 is 5.97 Å². The van der Waals surface area contributed by atoms with Gasteiger partial charge in [-0.15, -0.1) is 0 Å². The molecule has 4 heterocycles. The van der Waals surface area contributed by atoms with Crippen LogP contribution < -0.4 is 0 Å². The first-order chi connectivity index (χ1) is 27.9. The van der Waals surface area contributed by atoms with Gasteiger partial charge in [-0.25, -0.2) is 0 Å². The number of aliphatic carboxylic acids is 1. The summed E-state index contributed by atoms with van der Waals surface area (Å²) in [4.78, 5) is 10.8. The predicted molar refractivity (Wildman–Crippen MR) is 198 cm³/mol. The van der Waals surface area contributed by atoms with E-state index in [0.29, 0.717) is 32.1 Å². The lowest BCUT2D eigenvalue weighted by Crippen LogP contribution is -2.65. The maximum Gasteiger partial charge on any atom is 0.305 e. The van der Waals surface area contributed by atoms with E-state index in [4.69, 9.17) is 43.0 Å². The van der Waals surface area contributed by atoms with Crippen LogP contribution in [0.15, 0.2) is 0 Å². The standard InChI is InChI=1S/C38H68O21/c1-5-11-20(13-10-8-6-7-9-12-19(39)14-22(40)41)56-38-34(59-37-31(50)27(46)24(43)17(3)54-37)28(47)25(44)21(57-38)15-52-35-32(51)29(48)33(18(4)55-35)58-36-30(49)26(45)23(42)16(2)53-36/h16-21,23-39,42-51H,5-15H2,1-4H3,(H,40,41)/t16-,17+,18+,19?,20?,21-,23-,24-,25-,26+,27-,28+,29+,30-,31-,32-,33+,34-,35-,36+,37+,38-/m1/s1. The SMILES string of the molecule is CCCC(CCCCCCCC(O)CC(=O)O)O[C@@H]1O[C@H](CO[C@@H]2O[C@@H](C)[C@H](O[C@@H]3O[C@H](C)[C@@H](O)[C@H](O)[C@H]3O)[C@@H](O)[C@H]2O)[C@@H](O)[C@H](O)[C@H]1O[C@@H]1O[C@@H](C)[C@@H](O)[C@@H](O)[C@H]1O. The summed E-state index contributed by atoms with van der Waals surface area (Å²) < 4.78 is 46.8. The zero-order valence-corrected chi connectivity index (χ0v) is 34.0. The predicted octanol–water partition coefficient (Wildman–Crippen LogP) is -2.91. The molecular weight excluding hydrogens is 792 g/mol. The number of carbonyl (C=O) groups is 1. The van der Waals surface area contributed by atoms with Crippen molar-refractivity contribution in [3.8, 4) is 0 Å². The minimum atomic E-state index is -1.76. The van der Waals surface area contributed by atoms with Crippen molar-refractivity contribution in [2.75, 3.05) is 6.61 Å². The molecule has 4 fully saturated rings. The highest BCUT2D eigenvalue weighted by molar-refractivity contribution is 5.67. The Morgan fingerprint density at radius 1 is 0.542 bits per heavy atom. The Labute approximate surface area is 343 Å². The molecule has 0 saturated carbocycles. The van der Waals surface area contributed by atoms with Crippen LogP contribution in [-0.4, -0.2) is 209 Å². The van der Waals surface area contributed by atoms with Crippen LogP contribution in [-0.2, 0) is 42.7 Å². The van der Waals surface area contributed by atoms with Crippen molar-refractivity contribution in [3.05, 3.63) is 0 Å². The molecule has 0 aromatic rings. The van der Waals surface area contributed by atoms with Crippen molar-refractivity contribution in [2.24, 2.45) is 0 Å². The normalized spacial score (nSPS) is 44.3. The van der Waals surface area contributed by atoms with Crippen LogP contribution in [0.2, 0.25) is 0 Å². The van der Waals surface area contributed by atoms with Crippen molar-refractivity contribution in [1.82, 2.24) is 0 Å². The van der Waals surface area contributed by atoms with E-state index in [1.807, 2.05) is 6.92 Å². The molecule has 0 aliphatic carbocycles. The van der Waals surface area contributed by atoms with Gasteiger partial charge in [0.15, 0.2) is 25.2 Å². The summed E-state index contributed by atoms with van der Waals surface area (Å²) in [5, 5.41) is 125. The third-order valence-electron chi connectivity index (χ3n) is 11.5. The minimum absolute atomic E-state index is 0.298. The third-order valence-corrected chi connectivity index (χ3v) is 11.5. The summed E-state index contributed by atoms with van der Waals surface area (Å²) in [6.07, 6.45) is -25.1. The lowest BCUT2D eigenvalue weighted by Gasteiger charge is -2.47. The smallest absolute Gasteiger partial charge is 0.305 e. The van der Waals surface area contributed by atoms with Crippen LogP contribution in [0, 0.1) is 0 Å². The maximum absolute atomic E-state index is 11.5. The summed E-state index contributed by atoms with van der Waals surface area (Å²) >= 11 is 0. The Morgan fingerprint density at radius 3 is 1.59 bits per heavy atom. The van der Waals surface area contributed by atoms with Gasteiger partial charge in [-0.3, -0.25) is 4.79 Å². The number of ether oxygens (including phenoxy) is 8. The molecule has 22 atom stereocenters. The molecule has 0 aromatic carbocycles. The molecule has 2 unspecified atom stereocenters. The monoisotopic (exact) mass is 860 g/mol. The van der Waals surface area contributed by atoms with Gasteiger partial charge in [0.1, 0.15) is 79.4 Å². The maximum atomic E-state index is 11.5. The van der Waals surface area contributed by atoms with Gasteiger partial charge in [0.25, 0.3) is 0 Å². The quantitative estimate of drug-likeness (QED) is 0.0515. The van der Waals surface area contributed by atoms with Crippen molar-refractivity contribution >= 4 is 5.97 Å². The van der Waals surface area contributed by atoms with Crippen molar-refractivity contribution in [2.45, 2.75) is 227 Å². The topological polar surface area (TPSA) is 334 Å². The highest BCUT2D eigenvalue weighted by Gasteiger charge is 2.53. The Morgan fingerprint density at radius 2 is 1.03 bits per heavy atom. The van der Waals surface area contributed by atoms with E-state index < -0.39 is 148 Å². The highest BCUT2D eigenvalue weighted by atomic mass is 16.8. The number of aliphatic hydroxyl groups excluding tert-OH is 11. The van der Waals surface area contributed by atoms with Gasteiger partial charge in [0, 0.05) is 0 Å². The number of rotatable bonds is 21. The summed E-state index contributed by atoms with van der Waals surface area (Å²) in [6.45, 7) is 5.82. The molecule has 0 amide bonds. The molecule has 4 aliphatic rings. The van der Waals surface area contributed by atoms with Crippen LogP contribution in [0.1, 0.15) is 91.9 Å². The number of hydrogen-bond donors (Lipinski definition) is 12. The van der Waals surface area contributed by atoms with E-state index in [1.165, 1.54) is 20.8 Å². The van der Waals surface area contributed by atoms with E-state index in [0.717, 1.165) is 25.7 Å². The van der Waals surface area contributed by atoms with Gasteiger partial charge in [-0.05, 0) is 40.0 Å². The van der Waals surface area contributed by atoms with E-state index in [2.05, 4.69) is 0 Å². The average Bonchev–Trinajstić information content (AvgIpc) is 3.18. The fourth-order valence-corrected chi connectivity index (χ4v) is 7.76. The second-order valence-corrected chi connectivity index (χ2v) is 16.3. The second-order valence-electron chi connectivity index (χ2n) is 16.3. The van der Waals surface area contributed by atoms with Gasteiger partial charge in [0.2, 0.25) is 0 Å². The number of unbranched alkanes of at least 4 members (excludes halogenated alkanes) is 4.